The lowest BCUT2D eigenvalue weighted by Gasteiger charge is -2.31. The van der Waals surface area contributed by atoms with Gasteiger partial charge >= 0.3 is 6.03 Å². The highest BCUT2D eigenvalue weighted by atomic mass is 16.2. The van der Waals surface area contributed by atoms with Gasteiger partial charge in [0.15, 0.2) is 5.78 Å². The molecule has 1 saturated heterocycles. The zero-order chi connectivity index (χ0) is 15.8. The molecule has 0 aliphatic carbocycles. The fourth-order valence-electron chi connectivity index (χ4n) is 2.89. The zero-order valence-corrected chi connectivity index (χ0v) is 13.0. The molecule has 1 heterocycles. The first kappa shape index (κ1) is 16.5. The predicted molar refractivity (Wildman–Crippen MR) is 86.8 cm³/mol. The van der Waals surface area contributed by atoms with Crippen molar-refractivity contribution in [3.05, 3.63) is 35.9 Å². The zero-order valence-electron chi connectivity index (χ0n) is 13.0. The number of piperidine rings is 1. The SMILES string of the molecule is NC(=O)NC1CCN(CCCCC(=O)c2ccccc2)CC1. The van der Waals surface area contributed by atoms with Crippen LogP contribution in [0.15, 0.2) is 30.3 Å². The molecule has 2 amide bonds. The van der Waals surface area contributed by atoms with Gasteiger partial charge < -0.3 is 16.0 Å². The van der Waals surface area contributed by atoms with E-state index in [1.807, 2.05) is 30.3 Å². The van der Waals surface area contributed by atoms with Crippen LogP contribution < -0.4 is 11.1 Å². The molecule has 1 aromatic rings. The summed E-state index contributed by atoms with van der Waals surface area (Å²) in [6.07, 6.45) is 4.47. The van der Waals surface area contributed by atoms with Gasteiger partial charge in [0.2, 0.25) is 0 Å². The second-order valence-electron chi connectivity index (χ2n) is 5.87. The molecule has 22 heavy (non-hydrogen) atoms. The molecule has 0 aromatic heterocycles. The minimum atomic E-state index is -0.433. The van der Waals surface area contributed by atoms with Gasteiger partial charge in [-0.2, -0.15) is 0 Å². The maximum absolute atomic E-state index is 12.0. The van der Waals surface area contributed by atoms with Crippen LogP contribution in [-0.2, 0) is 0 Å². The van der Waals surface area contributed by atoms with Crippen LogP contribution in [0.3, 0.4) is 0 Å². The van der Waals surface area contributed by atoms with Crippen LogP contribution in [0.4, 0.5) is 4.79 Å². The normalized spacial score (nSPS) is 16.4. The van der Waals surface area contributed by atoms with E-state index >= 15 is 0 Å². The Hall–Kier alpha value is -1.88. The number of primary amides is 1. The second-order valence-corrected chi connectivity index (χ2v) is 5.87. The minimum Gasteiger partial charge on any atom is -0.352 e. The molecule has 1 fully saturated rings. The number of ketones is 1. The quantitative estimate of drug-likeness (QED) is 0.599. The lowest BCUT2D eigenvalue weighted by molar-refractivity contribution is 0.0977. The van der Waals surface area contributed by atoms with Crippen molar-refractivity contribution in [1.29, 1.82) is 0 Å². The van der Waals surface area contributed by atoms with E-state index in [1.54, 1.807) is 0 Å². The van der Waals surface area contributed by atoms with Crippen molar-refractivity contribution in [3.63, 3.8) is 0 Å². The number of hydrogen-bond acceptors (Lipinski definition) is 3. The third kappa shape index (κ3) is 5.48. The van der Waals surface area contributed by atoms with Gasteiger partial charge in [-0.25, -0.2) is 4.79 Å². The van der Waals surface area contributed by atoms with E-state index in [9.17, 15) is 9.59 Å². The molecule has 1 aliphatic heterocycles. The van der Waals surface area contributed by atoms with Gasteiger partial charge in [-0.3, -0.25) is 4.79 Å². The maximum Gasteiger partial charge on any atom is 0.312 e. The first-order valence-corrected chi connectivity index (χ1v) is 8.02. The Balaban J connectivity index is 1.58. The molecule has 3 N–H and O–H groups in total. The fourth-order valence-corrected chi connectivity index (χ4v) is 2.89. The summed E-state index contributed by atoms with van der Waals surface area (Å²) in [4.78, 5) is 25.2. The number of hydrogen-bond donors (Lipinski definition) is 2. The molecular formula is C17H25N3O2. The average molecular weight is 303 g/mol. The average Bonchev–Trinajstić information content (AvgIpc) is 2.53. The Morgan fingerprint density at radius 1 is 1.14 bits per heavy atom. The highest BCUT2D eigenvalue weighted by Crippen LogP contribution is 2.12. The molecule has 0 unspecified atom stereocenters. The van der Waals surface area contributed by atoms with E-state index in [4.69, 9.17) is 5.73 Å². The van der Waals surface area contributed by atoms with Crippen LogP contribution in [0.5, 0.6) is 0 Å². The number of Topliss-reactive ketones (excluding diaryl/α,β-unsaturated/α-hetero) is 1. The number of likely N-dealkylation sites (tertiary alicyclic amines) is 1. The van der Waals surface area contributed by atoms with Gasteiger partial charge in [-0.1, -0.05) is 30.3 Å². The number of rotatable bonds is 7. The number of amides is 2. The van der Waals surface area contributed by atoms with E-state index in [1.165, 1.54) is 0 Å². The predicted octanol–water partition coefficient (Wildman–Crippen LogP) is 2.17. The highest BCUT2D eigenvalue weighted by Gasteiger charge is 2.19. The highest BCUT2D eigenvalue weighted by molar-refractivity contribution is 5.95. The number of urea groups is 1. The number of carbonyl (C=O) groups is 2. The Labute approximate surface area is 131 Å². The van der Waals surface area contributed by atoms with Crippen molar-refractivity contribution in [2.24, 2.45) is 5.73 Å². The molecule has 0 saturated carbocycles. The number of nitrogens with one attached hydrogen (secondary N) is 1. The van der Waals surface area contributed by atoms with Crippen molar-refractivity contribution in [2.45, 2.75) is 38.1 Å². The topological polar surface area (TPSA) is 75.4 Å². The number of nitrogens with two attached hydrogens (primary N) is 1. The van der Waals surface area contributed by atoms with Crippen LogP contribution in [0.25, 0.3) is 0 Å². The number of nitrogens with zero attached hydrogens (tertiary/aromatic N) is 1. The lowest BCUT2D eigenvalue weighted by Crippen LogP contribution is -2.46. The number of carbonyl (C=O) groups excluding carboxylic acids is 2. The van der Waals surface area contributed by atoms with E-state index < -0.39 is 6.03 Å². The van der Waals surface area contributed by atoms with Gasteiger partial charge in [0, 0.05) is 31.1 Å². The molecule has 0 radical (unpaired) electrons. The van der Waals surface area contributed by atoms with Crippen LogP contribution in [0, 0.1) is 0 Å². The van der Waals surface area contributed by atoms with Crippen LogP contribution in [0.1, 0.15) is 42.5 Å². The summed E-state index contributed by atoms with van der Waals surface area (Å²) in [6.45, 7) is 2.99. The Kier molecular flexibility index (Phi) is 6.40. The van der Waals surface area contributed by atoms with E-state index in [2.05, 4.69) is 10.2 Å². The molecule has 1 aliphatic rings. The van der Waals surface area contributed by atoms with Crippen LogP contribution in [-0.4, -0.2) is 42.4 Å². The summed E-state index contributed by atoms with van der Waals surface area (Å²) in [5.41, 5.74) is 5.94. The fraction of sp³-hybridized carbons (Fsp3) is 0.529. The van der Waals surface area contributed by atoms with Crippen molar-refractivity contribution in [1.82, 2.24) is 10.2 Å². The molecule has 2 rings (SSSR count). The largest absolute Gasteiger partial charge is 0.352 e. The molecule has 0 atom stereocenters. The summed E-state index contributed by atoms with van der Waals surface area (Å²) >= 11 is 0. The van der Waals surface area contributed by atoms with E-state index in [-0.39, 0.29) is 11.8 Å². The van der Waals surface area contributed by atoms with Crippen molar-refractivity contribution < 1.29 is 9.59 Å². The van der Waals surface area contributed by atoms with Gasteiger partial charge in [0.25, 0.3) is 0 Å². The molecular weight excluding hydrogens is 278 g/mol. The first-order valence-electron chi connectivity index (χ1n) is 8.02. The summed E-state index contributed by atoms with van der Waals surface area (Å²) in [5.74, 6) is 0.227. The third-order valence-corrected chi connectivity index (χ3v) is 4.16. The molecule has 5 heteroatoms. The molecule has 0 spiro atoms. The van der Waals surface area contributed by atoms with Crippen molar-refractivity contribution in [2.75, 3.05) is 19.6 Å². The number of benzene rings is 1. The summed E-state index contributed by atoms with van der Waals surface area (Å²) in [7, 11) is 0. The van der Waals surface area contributed by atoms with Crippen LogP contribution >= 0.6 is 0 Å². The smallest absolute Gasteiger partial charge is 0.312 e. The monoisotopic (exact) mass is 303 g/mol. The first-order chi connectivity index (χ1) is 10.6. The Morgan fingerprint density at radius 3 is 2.45 bits per heavy atom. The van der Waals surface area contributed by atoms with Gasteiger partial charge in [-0.15, -0.1) is 0 Å². The standard InChI is InChI=1S/C17H25N3O2/c18-17(22)19-15-9-12-20(13-10-15)11-5-4-8-16(21)14-6-2-1-3-7-14/h1-3,6-7,15H,4-5,8-13H2,(H3,18,19,22). The summed E-state index contributed by atoms with van der Waals surface area (Å²) in [5, 5.41) is 2.77. The second kappa shape index (κ2) is 8.54. The molecule has 0 bridgehead atoms. The maximum atomic E-state index is 12.0. The Morgan fingerprint density at radius 2 is 1.82 bits per heavy atom. The van der Waals surface area contributed by atoms with E-state index in [0.29, 0.717) is 6.42 Å². The molecule has 5 nitrogen and oxygen atoms in total. The molecule has 120 valence electrons. The molecule has 1 aromatic carbocycles. The minimum absolute atomic E-state index is 0.216. The number of unbranched alkanes of at least 4 members (excludes halogenated alkanes) is 1. The van der Waals surface area contributed by atoms with Crippen molar-refractivity contribution >= 4 is 11.8 Å². The van der Waals surface area contributed by atoms with Crippen LogP contribution in [0.2, 0.25) is 0 Å². The van der Waals surface area contributed by atoms with Crippen molar-refractivity contribution in [3.8, 4) is 0 Å². The third-order valence-electron chi connectivity index (χ3n) is 4.16. The van der Waals surface area contributed by atoms with Gasteiger partial charge in [-0.05, 0) is 32.2 Å². The summed E-state index contributed by atoms with van der Waals surface area (Å²) < 4.78 is 0. The van der Waals surface area contributed by atoms with Gasteiger partial charge in [0.05, 0.1) is 0 Å². The van der Waals surface area contributed by atoms with Gasteiger partial charge in [0.1, 0.15) is 0 Å². The summed E-state index contributed by atoms with van der Waals surface area (Å²) in [6, 6.07) is 9.26. The van der Waals surface area contributed by atoms with E-state index in [0.717, 1.165) is 50.9 Å². The lowest BCUT2D eigenvalue weighted by atomic mass is 10.0. The Bertz CT molecular complexity index is 482.